The predicted molar refractivity (Wildman–Crippen MR) is 74.5 cm³/mol. The first-order chi connectivity index (χ1) is 9.99. The van der Waals surface area contributed by atoms with Crippen LogP contribution in [-0.4, -0.2) is 16.7 Å². The molecule has 1 aromatic carbocycles. The highest BCUT2D eigenvalue weighted by atomic mass is 32.1. The van der Waals surface area contributed by atoms with Crippen LogP contribution in [0.1, 0.15) is 23.9 Å². The van der Waals surface area contributed by atoms with Gasteiger partial charge in [-0.2, -0.15) is 13.2 Å². The first-order valence-corrected chi connectivity index (χ1v) is 7.17. The predicted octanol–water partition coefficient (Wildman–Crippen LogP) is 3.96. The number of aromatic nitrogens is 2. The maximum Gasteiger partial charge on any atom is 0.416 e. The van der Waals surface area contributed by atoms with E-state index >= 15 is 0 Å². The summed E-state index contributed by atoms with van der Waals surface area (Å²) in [6, 6.07) is 4.56. The Hall–Kier alpha value is -1.83. The van der Waals surface area contributed by atoms with Crippen LogP contribution >= 0.6 is 11.3 Å². The van der Waals surface area contributed by atoms with E-state index in [4.69, 9.17) is 4.74 Å². The van der Waals surface area contributed by atoms with E-state index in [-0.39, 0.29) is 6.61 Å². The average molecular weight is 317 g/mol. The molecule has 21 heavy (non-hydrogen) atoms. The first kappa shape index (κ1) is 15.6. The summed E-state index contributed by atoms with van der Waals surface area (Å²) in [5.74, 6) is 0.362. The van der Waals surface area contributed by atoms with Crippen LogP contribution in [0.4, 0.5) is 18.3 Å². The number of halogens is 3. The Kier molecular flexibility index (Phi) is 5.00. The van der Waals surface area contributed by atoms with E-state index in [0.717, 1.165) is 25.1 Å². The number of nitrogens with zero attached hydrogens (tertiary/aromatic N) is 2. The SMILES string of the molecule is CCCNc1nnc(COc2ccc(C(F)(F)F)cc2)s1. The van der Waals surface area contributed by atoms with E-state index in [1.54, 1.807) is 0 Å². The molecule has 0 spiro atoms. The second-order valence-corrected chi connectivity index (χ2v) is 5.30. The number of benzene rings is 1. The highest BCUT2D eigenvalue weighted by Gasteiger charge is 2.30. The minimum atomic E-state index is -4.34. The second-order valence-electron chi connectivity index (χ2n) is 4.24. The van der Waals surface area contributed by atoms with Crippen molar-refractivity contribution in [1.82, 2.24) is 10.2 Å². The van der Waals surface area contributed by atoms with Gasteiger partial charge < -0.3 is 10.1 Å². The van der Waals surface area contributed by atoms with Crippen molar-refractivity contribution in [2.24, 2.45) is 0 Å². The normalized spacial score (nSPS) is 11.4. The third kappa shape index (κ3) is 4.59. The fourth-order valence-corrected chi connectivity index (χ4v) is 2.18. The molecular formula is C13H14F3N3OS. The molecule has 2 aromatic rings. The van der Waals surface area contributed by atoms with Gasteiger partial charge in [-0.05, 0) is 30.7 Å². The minimum Gasteiger partial charge on any atom is -0.486 e. The summed E-state index contributed by atoms with van der Waals surface area (Å²) in [6.45, 7) is 3.04. The molecule has 0 saturated heterocycles. The summed E-state index contributed by atoms with van der Waals surface area (Å²) in [5, 5.41) is 12.4. The van der Waals surface area contributed by atoms with Gasteiger partial charge in [0.1, 0.15) is 12.4 Å². The number of alkyl halides is 3. The third-order valence-corrected chi connectivity index (χ3v) is 3.39. The van der Waals surface area contributed by atoms with Gasteiger partial charge in [0, 0.05) is 6.54 Å². The zero-order valence-corrected chi connectivity index (χ0v) is 12.1. The lowest BCUT2D eigenvalue weighted by molar-refractivity contribution is -0.137. The Morgan fingerprint density at radius 3 is 2.52 bits per heavy atom. The molecular weight excluding hydrogens is 303 g/mol. The molecule has 0 atom stereocenters. The van der Waals surface area contributed by atoms with Crippen LogP contribution in [0.5, 0.6) is 5.75 Å². The summed E-state index contributed by atoms with van der Waals surface area (Å²) in [6.07, 6.45) is -3.35. The van der Waals surface area contributed by atoms with Crippen molar-refractivity contribution in [2.75, 3.05) is 11.9 Å². The lowest BCUT2D eigenvalue weighted by Gasteiger charge is -2.08. The van der Waals surface area contributed by atoms with Crippen molar-refractivity contribution in [3.8, 4) is 5.75 Å². The average Bonchev–Trinajstić information content (AvgIpc) is 2.90. The molecule has 0 radical (unpaired) electrons. The van der Waals surface area contributed by atoms with Crippen molar-refractivity contribution in [3.63, 3.8) is 0 Å². The smallest absolute Gasteiger partial charge is 0.416 e. The van der Waals surface area contributed by atoms with Crippen molar-refractivity contribution in [3.05, 3.63) is 34.8 Å². The van der Waals surface area contributed by atoms with Crippen LogP contribution < -0.4 is 10.1 Å². The van der Waals surface area contributed by atoms with E-state index in [1.165, 1.54) is 23.5 Å². The molecule has 0 bridgehead atoms. The zero-order chi connectivity index (χ0) is 15.3. The largest absolute Gasteiger partial charge is 0.486 e. The third-order valence-electron chi connectivity index (χ3n) is 2.54. The number of hydrogen-bond donors (Lipinski definition) is 1. The summed E-state index contributed by atoms with van der Waals surface area (Å²) >= 11 is 1.36. The van der Waals surface area contributed by atoms with Gasteiger partial charge in [0.15, 0.2) is 5.01 Å². The number of rotatable bonds is 6. The Balaban J connectivity index is 1.89. The standard InChI is InChI=1S/C13H14F3N3OS/c1-2-7-17-12-19-18-11(21-12)8-20-10-5-3-9(4-6-10)13(14,15)16/h3-6H,2,7-8H2,1H3,(H,17,19). The highest BCUT2D eigenvalue weighted by Crippen LogP contribution is 2.30. The lowest BCUT2D eigenvalue weighted by Crippen LogP contribution is -2.04. The Morgan fingerprint density at radius 1 is 1.19 bits per heavy atom. The van der Waals surface area contributed by atoms with Gasteiger partial charge in [0.2, 0.25) is 5.13 Å². The number of ether oxygens (including phenoxy) is 1. The number of nitrogens with one attached hydrogen (secondary N) is 1. The van der Waals surface area contributed by atoms with E-state index in [2.05, 4.69) is 15.5 Å². The fraction of sp³-hybridized carbons (Fsp3) is 0.385. The maximum absolute atomic E-state index is 12.4. The molecule has 8 heteroatoms. The van der Waals surface area contributed by atoms with E-state index < -0.39 is 11.7 Å². The van der Waals surface area contributed by atoms with Gasteiger partial charge in [-0.1, -0.05) is 18.3 Å². The van der Waals surface area contributed by atoms with Crippen LogP contribution in [0.2, 0.25) is 0 Å². The lowest BCUT2D eigenvalue weighted by atomic mass is 10.2. The van der Waals surface area contributed by atoms with E-state index in [9.17, 15) is 13.2 Å². The number of anilines is 1. The van der Waals surface area contributed by atoms with Gasteiger partial charge in [-0.3, -0.25) is 0 Å². The van der Waals surface area contributed by atoms with Gasteiger partial charge in [-0.25, -0.2) is 0 Å². The maximum atomic E-state index is 12.4. The van der Waals surface area contributed by atoms with Crippen molar-refractivity contribution >= 4 is 16.5 Å². The Bertz CT molecular complexity index is 569. The van der Waals surface area contributed by atoms with E-state index in [0.29, 0.717) is 15.9 Å². The van der Waals surface area contributed by atoms with Crippen LogP contribution in [0.25, 0.3) is 0 Å². The van der Waals surface area contributed by atoms with Crippen LogP contribution in [0.15, 0.2) is 24.3 Å². The molecule has 0 saturated carbocycles. The monoisotopic (exact) mass is 317 g/mol. The first-order valence-electron chi connectivity index (χ1n) is 6.35. The van der Waals surface area contributed by atoms with E-state index in [1.807, 2.05) is 6.92 Å². The van der Waals surface area contributed by atoms with Gasteiger partial charge in [0.05, 0.1) is 5.56 Å². The molecule has 1 aromatic heterocycles. The van der Waals surface area contributed by atoms with Crippen LogP contribution in [0.3, 0.4) is 0 Å². The zero-order valence-electron chi connectivity index (χ0n) is 11.3. The second kappa shape index (κ2) is 6.75. The van der Waals surface area contributed by atoms with Gasteiger partial charge in [-0.15, -0.1) is 10.2 Å². The summed E-state index contributed by atoms with van der Waals surface area (Å²) < 4.78 is 42.6. The molecule has 0 unspecified atom stereocenters. The van der Waals surface area contributed by atoms with Gasteiger partial charge >= 0.3 is 6.18 Å². The quantitative estimate of drug-likeness (QED) is 0.876. The highest BCUT2D eigenvalue weighted by molar-refractivity contribution is 7.15. The fourth-order valence-electron chi connectivity index (χ4n) is 1.50. The summed E-state index contributed by atoms with van der Waals surface area (Å²) in [4.78, 5) is 0. The molecule has 0 aliphatic heterocycles. The van der Waals surface area contributed by atoms with Crippen molar-refractivity contribution in [2.45, 2.75) is 26.1 Å². The Labute approximate surface area is 124 Å². The molecule has 1 N–H and O–H groups in total. The molecule has 0 amide bonds. The van der Waals surface area contributed by atoms with Gasteiger partial charge in [0.25, 0.3) is 0 Å². The summed E-state index contributed by atoms with van der Waals surface area (Å²) in [7, 11) is 0. The molecule has 0 aliphatic carbocycles. The van der Waals surface area contributed by atoms with Crippen molar-refractivity contribution < 1.29 is 17.9 Å². The molecule has 2 rings (SSSR count). The molecule has 0 aliphatic rings. The molecule has 4 nitrogen and oxygen atoms in total. The van der Waals surface area contributed by atoms with Crippen LogP contribution in [0, 0.1) is 0 Å². The summed E-state index contributed by atoms with van der Waals surface area (Å²) in [5.41, 5.74) is -0.697. The topological polar surface area (TPSA) is 47.0 Å². The number of hydrogen-bond acceptors (Lipinski definition) is 5. The molecule has 1 heterocycles. The Morgan fingerprint density at radius 2 is 1.90 bits per heavy atom. The molecule has 0 fully saturated rings. The molecule has 114 valence electrons. The van der Waals surface area contributed by atoms with Crippen molar-refractivity contribution in [1.29, 1.82) is 0 Å². The van der Waals surface area contributed by atoms with Crippen LogP contribution in [-0.2, 0) is 12.8 Å². The minimum absolute atomic E-state index is 0.177.